The molecule has 2 unspecified atom stereocenters. The number of benzene rings is 2. The van der Waals surface area contributed by atoms with Gasteiger partial charge in [-0.25, -0.2) is 18.2 Å². The van der Waals surface area contributed by atoms with Crippen molar-refractivity contribution in [2.75, 3.05) is 44.2 Å². The Bertz CT molecular complexity index is 1860. The second-order valence-corrected chi connectivity index (χ2v) is 13.1. The maximum Gasteiger partial charge on any atom is 0.319 e. The van der Waals surface area contributed by atoms with Gasteiger partial charge in [0.15, 0.2) is 11.6 Å². The molecule has 8 rings (SSSR count). The van der Waals surface area contributed by atoms with Crippen molar-refractivity contribution in [3.63, 3.8) is 0 Å². The lowest BCUT2D eigenvalue weighted by Crippen LogP contribution is -2.51. The van der Waals surface area contributed by atoms with Gasteiger partial charge in [0.05, 0.1) is 12.2 Å². The number of fused-ring (bicyclic) bond motifs is 4. The molecule has 3 saturated heterocycles. The molecule has 0 amide bonds. The summed E-state index contributed by atoms with van der Waals surface area (Å²) < 4.78 is 51.6. The maximum absolute atomic E-state index is 16.8. The summed E-state index contributed by atoms with van der Waals surface area (Å²) >= 11 is 0. The SMILES string of the molecule is C#Cc1c(F)ccc2cc(O)cc(-c3cnc4c(N5CC6CCC(C5)N6)nc(OCC5(CN6CC[C@@H](F)C6)CC5)nc4c3F)c12. The summed E-state index contributed by atoms with van der Waals surface area (Å²) in [5.74, 6) is 1.44. The number of pyridine rings is 1. The molecule has 8 nitrogen and oxygen atoms in total. The Labute approximate surface area is 258 Å². The van der Waals surface area contributed by atoms with Crippen LogP contribution in [0.4, 0.5) is 19.0 Å². The number of piperazine rings is 1. The number of rotatable bonds is 7. The van der Waals surface area contributed by atoms with Crippen molar-refractivity contribution in [3.8, 4) is 35.2 Å². The molecule has 4 aliphatic rings. The first-order valence-corrected chi connectivity index (χ1v) is 15.6. The number of ether oxygens (including phenoxy) is 1. The molecule has 4 fully saturated rings. The zero-order valence-corrected chi connectivity index (χ0v) is 24.7. The van der Waals surface area contributed by atoms with Crippen molar-refractivity contribution in [2.24, 2.45) is 5.41 Å². The predicted octanol–water partition coefficient (Wildman–Crippen LogP) is 4.95. The van der Waals surface area contributed by atoms with E-state index in [2.05, 4.69) is 31.0 Å². The normalized spacial score (nSPS) is 24.0. The molecule has 2 aromatic carbocycles. The third-order valence-corrected chi connectivity index (χ3v) is 9.85. The van der Waals surface area contributed by atoms with E-state index in [4.69, 9.17) is 16.1 Å². The molecule has 3 aliphatic heterocycles. The van der Waals surface area contributed by atoms with Gasteiger partial charge in [0.1, 0.15) is 28.8 Å². The van der Waals surface area contributed by atoms with Crippen LogP contribution in [0.2, 0.25) is 0 Å². The monoisotopic (exact) mass is 614 g/mol. The van der Waals surface area contributed by atoms with Crippen LogP contribution in [0.15, 0.2) is 30.5 Å². The fraction of sp³-hybridized carbons (Fsp3) is 0.441. The molecule has 1 saturated carbocycles. The molecule has 2 bridgehead atoms. The van der Waals surface area contributed by atoms with E-state index in [0.29, 0.717) is 66.9 Å². The van der Waals surface area contributed by atoms with E-state index in [9.17, 15) is 13.9 Å². The van der Waals surface area contributed by atoms with Gasteiger partial charge in [-0.3, -0.25) is 4.90 Å². The Morgan fingerprint density at radius 2 is 1.84 bits per heavy atom. The fourth-order valence-corrected chi connectivity index (χ4v) is 7.38. The topological polar surface area (TPSA) is 86.6 Å². The Hall–Kier alpha value is -4.14. The van der Waals surface area contributed by atoms with Crippen molar-refractivity contribution < 1.29 is 23.0 Å². The predicted molar refractivity (Wildman–Crippen MR) is 165 cm³/mol. The molecule has 232 valence electrons. The summed E-state index contributed by atoms with van der Waals surface area (Å²) in [6, 6.07) is 6.19. The highest BCUT2D eigenvalue weighted by atomic mass is 19.1. The van der Waals surface area contributed by atoms with Crippen LogP contribution in [0, 0.1) is 29.4 Å². The maximum atomic E-state index is 16.8. The average molecular weight is 615 g/mol. The van der Waals surface area contributed by atoms with E-state index in [1.165, 1.54) is 30.5 Å². The minimum Gasteiger partial charge on any atom is -0.508 e. The molecule has 5 heterocycles. The van der Waals surface area contributed by atoms with Crippen molar-refractivity contribution in [1.29, 1.82) is 0 Å². The van der Waals surface area contributed by atoms with Gasteiger partial charge in [0.2, 0.25) is 0 Å². The number of alkyl halides is 1. The quantitative estimate of drug-likeness (QED) is 0.283. The van der Waals surface area contributed by atoms with Gasteiger partial charge in [-0.1, -0.05) is 12.0 Å². The van der Waals surface area contributed by atoms with Gasteiger partial charge in [0.25, 0.3) is 0 Å². The summed E-state index contributed by atoms with van der Waals surface area (Å²) in [6.07, 6.45) is 10.8. The van der Waals surface area contributed by atoms with Gasteiger partial charge in [-0.15, -0.1) is 6.42 Å². The lowest BCUT2D eigenvalue weighted by molar-refractivity contribution is 0.165. The third-order valence-electron chi connectivity index (χ3n) is 9.85. The first-order valence-electron chi connectivity index (χ1n) is 15.6. The lowest BCUT2D eigenvalue weighted by Gasteiger charge is -2.34. The fourth-order valence-electron chi connectivity index (χ4n) is 7.38. The Morgan fingerprint density at radius 1 is 1.04 bits per heavy atom. The lowest BCUT2D eigenvalue weighted by atomic mass is 9.94. The standard InChI is InChI=1S/C34H33F3N6O2/c1-2-24-27(36)6-3-19-11-23(44)12-25(28(19)24)26-13-38-31-30(29(26)37)40-33(41-32(31)43-15-21-4-5-22(16-43)39-21)45-18-34(8-9-34)17-42-10-7-20(35)14-42/h1,3,6,11-13,20-22,39,44H,4-5,7-10,14-18H2/t20-,21?,22?/m1/s1. The van der Waals surface area contributed by atoms with Gasteiger partial charge in [-0.2, -0.15) is 9.97 Å². The highest BCUT2D eigenvalue weighted by Crippen LogP contribution is 2.47. The molecule has 4 aromatic rings. The first-order chi connectivity index (χ1) is 21.8. The molecule has 11 heteroatoms. The summed E-state index contributed by atoms with van der Waals surface area (Å²) in [7, 11) is 0. The number of hydrogen-bond donors (Lipinski definition) is 2. The Morgan fingerprint density at radius 3 is 2.56 bits per heavy atom. The summed E-state index contributed by atoms with van der Waals surface area (Å²) in [6.45, 7) is 3.65. The van der Waals surface area contributed by atoms with E-state index < -0.39 is 17.8 Å². The van der Waals surface area contributed by atoms with Gasteiger partial charge >= 0.3 is 6.01 Å². The number of anilines is 1. The number of terminal acetylenes is 1. The molecule has 1 aliphatic carbocycles. The van der Waals surface area contributed by atoms with Crippen LogP contribution in [0.25, 0.3) is 32.9 Å². The van der Waals surface area contributed by atoms with Crippen molar-refractivity contribution >= 4 is 27.6 Å². The van der Waals surface area contributed by atoms with E-state index in [1.54, 1.807) is 0 Å². The zero-order chi connectivity index (χ0) is 30.9. The average Bonchev–Trinajstić information content (AvgIpc) is 3.55. The molecule has 2 aromatic heterocycles. The molecule has 0 radical (unpaired) electrons. The molecular weight excluding hydrogens is 581 g/mol. The third kappa shape index (κ3) is 5.10. The molecule has 3 atom stereocenters. The number of nitrogens with zero attached hydrogens (tertiary/aromatic N) is 5. The molecule has 45 heavy (non-hydrogen) atoms. The van der Waals surface area contributed by atoms with Gasteiger partial charge in [-0.05, 0) is 61.3 Å². The first kappa shape index (κ1) is 28.3. The van der Waals surface area contributed by atoms with E-state index in [0.717, 1.165) is 38.8 Å². The van der Waals surface area contributed by atoms with Crippen LogP contribution in [0.3, 0.4) is 0 Å². The number of aromatic hydroxyl groups is 1. The van der Waals surface area contributed by atoms with Crippen LogP contribution < -0.4 is 15.0 Å². The van der Waals surface area contributed by atoms with Crippen molar-refractivity contribution in [1.82, 2.24) is 25.2 Å². The smallest absolute Gasteiger partial charge is 0.319 e. The number of phenols is 1. The van der Waals surface area contributed by atoms with Crippen LogP contribution in [-0.2, 0) is 0 Å². The molecular formula is C34H33F3N6O2. The van der Waals surface area contributed by atoms with Crippen LogP contribution in [0.5, 0.6) is 11.8 Å². The van der Waals surface area contributed by atoms with Crippen LogP contribution in [-0.4, -0.2) is 82.5 Å². The van der Waals surface area contributed by atoms with Gasteiger partial charge in [0, 0.05) is 67.4 Å². The number of phenolic OH excluding ortho intramolecular Hbond substituents is 1. The summed E-state index contributed by atoms with van der Waals surface area (Å²) in [5, 5.41) is 14.9. The van der Waals surface area contributed by atoms with E-state index in [-0.39, 0.29) is 39.4 Å². The number of nitrogens with one attached hydrogen (secondary N) is 1. The minimum atomic E-state index is -0.788. The van der Waals surface area contributed by atoms with Gasteiger partial charge < -0.3 is 20.1 Å². The van der Waals surface area contributed by atoms with E-state index >= 15 is 4.39 Å². The Balaban J connectivity index is 1.22. The summed E-state index contributed by atoms with van der Waals surface area (Å²) in [4.78, 5) is 18.3. The van der Waals surface area contributed by atoms with Crippen LogP contribution in [0.1, 0.15) is 37.7 Å². The molecule has 0 spiro atoms. The van der Waals surface area contributed by atoms with Crippen molar-refractivity contribution in [3.05, 3.63) is 47.7 Å². The summed E-state index contributed by atoms with van der Waals surface area (Å²) in [5.41, 5.74) is 0.363. The number of aromatic nitrogens is 3. The number of halogens is 3. The van der Waals surface area contributed by atoms with E-state index in [1.807, 2.05) is 0 Å². The number of hydrogen-bond acceptors (Lipinski definition) is 8. The van der Waals surface area contributed by atoms with Crippen LogP contribution >= 0.6 is 0 Å². The number of likely N-dealkylation sites (tertiary alicyclic amines) is 1. The highest BCUT2D eigenvalue weighted by molar-refractivity contribution is 6.03. The minimum absolute atomic E-state index is 0.0231. The largest absolute Gasteiger partial charge is 0.508 e. The Kier molecular flexibility index (Phi) is 6.76. The second kappa shape index (κ2) is 10.7. The zero-order valence-electron chi connectivity index (χ0n) is 24.7. The molecule has 2 N–H and O–H groups in total. The van der Waals surface area contributed by atoms with Crippen molar-refractivity contribution in [2.45, 2.75) is 50.4 Å². The second-order valence-electron chi connectivity index (χ2n) is 13.1. The highest BCUT2D eigenvalue weighted by Gasteiger charge is 2.46.